The number of nitrogens with one attached hydrogen (secondary N) is 1. The third kappa shape index (κ3) is 4.47. The van der Waals surface area contributed by atoms with Crippen molar-refractivity contribution in [3.05, 3.63) is 95.0 Å². The van der Waals surface area contributed by atoms with Gasteiger partial charge in [-0.1, -0.05) is 41.9 Å². The molecule has 172 valence electrons. The van der Waals surface area contributed by atoms with Gasteiger partial charge in [0.1, 0.15) is 5.75 Å². The topological polar surface area (TPSA) is 75.5 Å². The Kier molecular flexibility index (Phi) is 6.18. The first-order chi connectivity index (χ1) is 16.6. The fourth-order valence-electron chi connectivity index (χ4n) is 4.11. The number of esters is 1. The van der Waals surface area contributed by atoms with Crippen molar-refractivity contribution in [2.24, 2.45) is 9.98 Å². The summed E-state index contributed by atoms with van der Waals surface area (Å²) in [5, 5.41) is 4.00. The summed E-state index contributed by atoms with van der Waals surface area (Å²) in [5.41, 5.74) is 2.53. The molecule has 3 aromatic rings. The van der Waals surface area contributed by atoms with E-state index in [1.165, 1.54) is 0 Å². The standard InChI is InChI=1S/C26H23ClN4O3/c1-33-21-13-11-20(12-14-21)29-26-28-15-16-31(26)23(17-7-9-19(27)10-8-17)22-25(32)34-24(30-22)18-5-3-2-4-6-18/h2-14,22-23H,15-16H2,1H3,(H,28,29)/t22-,23+/m1/s1. The Hall–Kier alpha value is -3.84. The molecule has 7 nitrogen and oxygen atoms in total. The van der Waals surface area contributed by atoms with Crippen molar-refractivity contribution in [3.63, 3.8) is 0 Å². The Balaban J connectivity index is 1.48. The van der Waals surface area contributed by atoms with Gasteiger partial charge < -0.3 is 19.7 Å². The first-order valence-electron chi connectivity index (χ1n) is 10.9. The number of nitrogens with zero attached hydrogens (tertiary/aromatic N) is 3. The van der Waals surface area contributed by atoms with Crippen molar-refractivity contribution in [2.75, 3.05) is 25.5 Å². The lowest BCUT2D eigenvalue weighted by atomic mass is 9.98. The molecule has 0 aliphatic carbocycles. The van der Waals surface area contributed by atoms with E-state index in [0.29, 0.717) is 30.0 Å². The second-order valence-corrected chi connectivity index (χ2v) is 8.35. The van der Waals surface area contributed by atoms with Crippen molar-refractivity contribution < 1.29 is 14.3 Å². The Morgan fingerprint density at radius 2 is 1.79 bits per heavy atom. The highest BCUT2D eigenvalue weighted by Crippen LogP contribution is 2.33. The van der Waals surface area contributed by atoms with Crippen LogP contribution in [0.15, 0.2) is 88.8 Å². The number of guanidine groups is 1. The monoisotopic (exact) mass is 474 g/mol. The minimum absolute atomic E-state index is 0.329. The molecular weight excluding hydrogens is 452 g/mol. The number of methoxy groups -OCH3 is 1. The van der Waals surface area contributed by atoms with E-state index in [1.807, 2.05) is 78.9 Å². The van der Waals surface area contributed by atoms with Gasteiger partial charge in [0, 0.05) is 22.8 Å². The largest absolute Gasteiger partial charge is 0.497 e. The zero-order valence-electron chi connectivity index (χ0n) is 18.5. The molecule has 3 aromatic carbocycles. The van der Waals surface area contributed by atoms with Crippen LogP contribution in [0, 0.1) is 0 Å². The Bertz CT molecular complexity index is 1230. The molecule has 2 aliphatic heterocycles. The lowest BCUT2D eigenvalue weighted by Gasteiger charge is -2.32. The number of benzene rings is 3. The van der Waals surface area contributed by atoms with Gasteiger partial charge in [0.25, 0.3) is 0 Å². The van der Waals surface area contributed by atoms with Crippen LogP contribution < -0.4 is 10.1 Å². The van der Waals surface area contributed by atoms with Crippen LogP contribution >= 0.6 is 11.6 Å². The minimum atomic E-state index is -0.752. The summed E-state index contributed by atoms with van der Waals surface area (Å²) in [7, 11) is 1.63. The zero-order chi connectivity index (χ0) is 23.5. The highest BCUT2D eigenvalue weighted by Gasteiger charge is 2.42. The Labute approximate surface area is 202 Å². The van der Waals surface area contributed by atoms with Crippen molar-refractivity contribution in [1.29, 1.82) is 0 Å². The third-order valence-corrected chi connectivity index (χ3v) is 6.03. The number of aliphatic imine (C=N–C) groups is 2. The third-order valence-electron chi connectivity index (χ3n) is 5.78. The van der Waals surface area contributed by atoms with E-state index in [4.69, 9.17) is 26.1 Å². The van der Waals surface area contributed by atoms with Crippen LogP contribution in [-0.2, 0) is 9.53 Å². The highest BCUT2D eigenvalue weighted by molar-refractivity contribution is 6.30. The molecule has 0 amide bonds. The number of carbonyl (C=O) groups is 1. The summed E-state index contributed by atoms with van der Waals surface area (Å²) < 4.78 is 10.9. The molecule has 5 rings (SSSR count). The van der Waals surface area contributed by atoms with Gasteiger partial charge in [-0.2, -0.15) is 0 Å². The second kappa shape index (κ2) is 9.57. The molecule has 0 radical (unpaired) electrons. The molecule has 0 saturated carbocycles. The summed E-state index contributed by atoms with van der Waals surface area (Å²) in [4.78, 5) is 24.5. The fraction of sp³-hybridized carbons (Fsp3) is 0.192. The summed E-state index contributed by atoms with van der Waals surface area (Å²) >= 11 is 6.15. The number of hydrogen-bond donors (Lipinski definition) is 1. The van der Waals surface area contributed by atoms with Crippen molar-refractivity contribution in [2.45, 2.75) is 12.1 Å². The number of carbonyl (C=O) groups excluding carboxylic acids is 1. The fourth-order valence-corrected chi connectivity index (χ4v) is 4.24. The predicted octanol–water partition coefficient (Wildman–Crippen LogP) is 4.55. The van der Waals surface area contributed by atoms with Crippen molar-refractivity contribution in [1.82, 2.24) is 4.90 Å². The van der Waals surface area contributed by atoms with Crippen LogP contribution in [0.25, 0.3) is 0 Å². The maximum absolute atomic E-state index is 13.1. The van der Waals surface area contributed by atoms with Gasteiger partial charge >= 0.3 is 5.97 Å². The number of ether oxygens (including phenoxy) is 2. The molecule has 0 aromatic heterocycles. The summed E-state index contributed by atoms with van der Waals surface area (Å²) in [6, 6.07) is 23.3. The zero-order valence-corrected chi connectivity index (χ0v) is 19.3. The molecule has 1 N–H and O–H groups in total. The van der Waals surface area contributed by atoms with Crippen LogP contribution in [0.2, 0.25) is 5.02 Å². The predicted molar refractivity (Wildman–Crippen MR) is 133 cm³/mol. The SMILES string of the molecule is COc1ccc(NC2=NCCN2[C@@H](c2ccc(Cl)cc2)[C@H]2N=C(c3ccccc3)OC2=O)cc1. The van der Waals surface area contributed by atoms with Crippen molar-refractivity contribution >= 4 is 35.1 Å². The van der Waals surface area contributed by atoms with Crippen LogP contribution in [0.3, 0.4) is 0 Å². The Morgan fingerprint density at radius 1 is 1.06 bits per heavy atom. The number of cyclic esters (lactones) is 1. The van der Waals surface area contributed by atoms with Crippen molar-refractivity contribution in [3.8, 4) is 5.75 Å². The van der Waals surface area contributed by atoms with E-state index in [0.717, 1.165) is 22.6 Å². The van der Waals surface area contributed by atoms with Gasteiger partial charge in [-0.15, -0.1) is 0 Å². The van der Waals surface area contributed by atoms with E-state index in [2.05, 4.69) is 15.2 Å². The van der Waals surface area contributed by atoms with Gasteiger partial charge in [-0.05, 0) is 54.1 Å². The second-order valence-electron chi connectivity index (χ2n) is 7.91. The van der Waals surface area contributed by atoms with Gasteiger partial charge in [0.05, 0.1) is 19.7 Å². The van der Waals surface area contributed by atoms with E-state index < -0.39 is 18.1 Å². The van der Waals surface area contributed by atoms with Gasteiger partial charge in [-0.25, -0.2) is 9.79 Å². The average molecular weight is 475 g/mol. The highest BCUT2D eigenvalue weighted by atomic mass is 35.5. The van der Waals surface area contributed by atoms with Gasteiger partial charge in [-0.3, -0.25) is 4.99 Å². The molecule has 34 heavy (non-hydrogen) atoms. The summed E-state index contributed by atoms with van der Waals surface area (Å²) in [5.74, 6) is 1.37. The van der Waals surface area contributed by atoms with Gasteiger partial charge in [0.15, 0.2) is 12.0 Å². The molecule has 2 heterocycles. The van der Waals surface area contributed by atoms with Crippen LogP contribution in [0.5, 0.6) is 5.75 Å². The first kappa shape index (κ1) is 22.0. The van der Waals surface area contributed by atoms with E-state index in [9.17, 15) is 4.79 Å². The molecule has 0 bridgehead atoms. The van der Waals surface area contributed by atoms with E-state index >= 15 is 0 Å². The molecule has 0 saturated heterocycles. The van der Waals surface area contributed by atoms with Gasteiger partial charge in [0.2, 0.25) is 5.90 Å². The summed E-state index contributed by atoms with van der Waals surface area (Å²) in [6.07, 6.45) is 0. The average Bonchev–Trinajstić information content (AvgIpc) is 3.48. The van der Waals surface area contributed by atoms with Crippen LogP contribution in [0.4, 0.5) is 5.69 Å². The molecule has 2 aliphatic rings. The number of hydrogen-bond acceptors (Lipinski definition) is 7. The molecule has 0 spiro atoms. The normalized spacial score (nSPS) is 18.2. The number of halogens is 1. The summed E-state index contributed by atoms with van der Waals surface area (Å²) in [6.45, 7) is 1.23. The maximum atomic E-state index is 13.1. The Morgan fingerprint density at radius 3 is 2.50 bits per heavy atom. The molecule has 2 atom stereocenters. The molecule has 0 unspecified atom stereocenters. The minimum Gasteiger partial charge on any atom is -0.497 e. The molecular formula is C26H23ClN4O3. The van der Waals surface area contributed by atoms with Crippen LogP contribution in [-0.4, -0.2) is 49.0 Å². The van der Waals surface area contributed by atoms with E-state index in [-0.39, 0.29) is 0 Å². The van der Waals surface area contributed by atoms with Crippen LogP contribution in [0.1, 0.15) is 17.2 Å². The smallest absolute Gasteiger partial charge is 0.340 e. The number of anilines is 1. The molecule has 8 heteroatoms. The maximum Gasteiger partial charge on any atom is 0.340 e. The first-order valence-corrected chi connectivity index (χ1v) is 11.3. The number of rotatable bonds is 6. The lowest BCUT2D eigenvalue weighted by Crippen LogP contribution is -2.43. The lowest BCUT2D eigenvalue weighted by molar-refractivity contribution is -0.136. The molecule has 0 fully saturated rings. The van der Waals surface area contributed by atoms with E-state index in [1.54, 1.807) is 7.11 Å². The quantitative estimate of drug-likeness (QED) is 0.531.